The SMILES string of the molecule is CC(=O)N1c2ccccc2[C@H](Nc2ccc(N3CCOCC3)cc2)C[C@@H]1C.Cl. The molecule has 2 aliphatic heterocycles. The first-order valence-corrected chi connectivity index (χ1v) is 9.71. The first kappa shape index (κ1) is 20.5. The second-order valence-corrected chi connectivity index (χ2v) is 7.38. The smallest absolute Gasteiger partial charge is 0.224 e. The van der Waals surface area contributed by atoms with E-state index >= 15 is 0 Å². The van der Waals surface area contributed by atoms with Crippen molar-refractivity contribution >= 4 is 35.4 Å². The summed E-state index contributed by atoms with van der Waals surface area (Å²) in [7, 11) is 0. The third-order valence-corrected chi connectivity index (χ3v) is 5.51. The number of para-hydroxylation sites is 1. The number of benzene rings is 2. The summed E-state index contributed by atoms with van der Waals surface area (Å²) in [6.45, 7) is 7.24. The molecule has 4 rings (SSSR count). The maximum Gasteiger partial charge on any atom is 0.224 e. The van der Waals surface area contributed by atoms with E-state index in [0.717, 1.165) is 44.1 Å². The normalized spacial score (nSPS) is 21.5. The standard InChI is InChI=1S/C22H27N3O2.ClH/c1-16-15-21(20-5-3-4-6-22(20)25(16)17(2)26)23-18-7-9-19(10-8-18)24-11-13-27-14-12-24;/h3-10,16,21,23H,11-15H2,1-2H3;1H/t16-,21+;/m0./s1. The Labute approximate surface area is 173 Å². The monoisotopic (exact) mass is 401 g/mol. The molecule has 1 fully saturated rings. The van der Waals surface area contributed by atoms with Gasteiger partial charge in [0.2, 0.25) is 5.91 Å². The van der Waals surface area contributed by atoms with Crippen molar-refractivity contribution in [2.24, 2.45) is 0 Å². The van der Waals surface area contributed by atoms with E-state index in [1.807, 2.05) is 23.1 Å². The number of nitrogens with one attached hydrogen (secondary N) is 1. The van der Waals surface area contributed by atoms with Crippen molar-refractivity contribution in [2.75, 3.05) is 41.4 Å². The number of ether oxygens (including phenoxy) is 1. The molecule has 0 unspecified atom stereocenters. The second kappa shape index (κ2) is 8.84. The maximum absolute atomic E-state index is 12.1. The van der Waals surface area contributed by atoms with Crippen LogP contribution in [0.1, 0.15) is 31.9 Å². The van der Waals surface area contributed by atoms with Gasteiger partial charge in [-0.25, -0.2) is 0 Å². The predicted octanol–water partition coefficient (Wildman–Crippen LogP) is 4.24. The molecule has 0 aromatic heterocycles. The lowest BCUT2D eigenvalue weighted by atomic mass is 9.91. The van der Waals surface area contributed by atoms with Gasteiger partial charge in [0.25, 0.3) is 0 Å². The van der Waals surface area contributed by atoms with Gasteiger partial charge in [0.05, 0.1) is 19.3 Å². The highest BCUT2D eigenvalue weighted by atomic mass is 35.5. The van der Waals surface area contributed by atoms with Gasteiger partial charge in [0, 0.05) is 43.1 Å². The van der Waals surface area contributed by atoms with Gasteiger partial charge in [-0.1, -0.05) is 18.2 Å². The number of hydrogen-bond acceptors (Lipinski definition) is 4. The predicted molar refractivity (Wildman–Crippen MR) is 117 cm³/mol. The Hall–Kier alpha value is -2.24. The van der Waals surface area contributed by atoms with Crippen LogP contribution in [0.2, 0.25) is 0 Å². The van der Waals surface area contributed by atoms with E-state index < -0.39 is 0 Å². The molecule has 2 atom stereocenters. The summed E-state index contributed by atoms with van der Waals surface area (Å²) in [5, 5.41) is 3.68. The summed E-state index contributed by atoms with van der Waals surface area (Å²) >= 11 is 0. The molecule has 2 aromatic carbocycles. The molecule has 1 N–H and O–H groups in total. The zero-order valence-electron chi connectivity index (χ0n) is 16.4. The lowest BCUT2D eigenvalue weighted by Crippen LogP contribution is -2.43. The van der Waals surface area contributed by atoms with E-state index in [1.54, 1.807) is 6.92 Å². The Morgan fingerprint density at radius 1 is 1.07 bits per heavy atom. The second-order valence-electron chi connectivity index (χ2n) is 7.38. The molecule has 0 bridgehead atoms. The average molecular weight is 402 g/mol. The number of carbonyl (C=O) groups is 1. The molecule has 0 saturated carbocycles. The zero-order valence-corrected chi connectivity index (χ0v) is 17.2. The van der Waals surface area contributed by atoms with E-state index in [9.17, 15) is 4.79 Å². The highest BCUT2D eigenvalue weighted by Gasteiger charge is 2.32. The Morgan fingerprint density at radius 2 is 1.75 bits per heavy atom. The number of morpholine rings is 1. The first-order chi connectivity index (χ1) is 13.1. The van der Waals surface area contributed by atoms with Crippen LogP contribution in [-0.4, -0.2) is 38.3 Å². The number of fused-ring (bicyclic) bond motifs is 1. The summed E-state index contributed by atoms with van der Waals surface area (Å²) in [6.07, 6.45) is 0.891. The number of carbonyl (C=O) groups excluding carboxylic acids is 1. The van der Waals surface area contributed by atoms with Crippen LogP contribution in [-0.2, 0) is 9.53 Å². The fraction of sp³-hybridized carbons (Fsp3) is 0.409. The van der Waals surface area contributed by atoms with Gasteiger partial charge >= 0.3 is 0 Å². The van der Waals surface area contributed by atoms with Crippen LogP contribution in [0.5, 0.6) is 0 Å². The van der Waals surface area contributed by atoms with E-state index in [4.69, 9.17) is 4.74 Å². The van der Waals surface area contributed by atoms with Crippen molar-refractivity contribution < 1.29 is 9.53 Å². The molecular formula is C22H28ClN3O2. The first-order valence-electron chi connectivity index (χ1n) is 9.71. The van der Waals surface area contributed by atoms with Crippen molar-refractivity contribution in [2.45, 2.75) is 32.4 Å². The molecule has 5 nitrogen and oxygen atoms in total. The Balaban J connectivity index is 0.00000225. The van der Waals surface area contributed by atoms with Crippen LogP contribution < -0.4 is 15.1 Å². The molecular weight excluding hydrogens is 374 g/mol. The summed E-state index contributed by atoms with van der Waals surface area (Å²) in [5.74, 6) is 0.100. The summed E-state index contributed by atoms with van der Waals surface area (Å²) < 4.78 is 5.43. The van der Waals surface area contributed by atoms with Crippen LogP contribution in [0.25, 0.3) is 0 Å². The lowest BCUT2D eigenvalue weighted by molar-refractivity contribution is -0.117. The van der Waals surface area contributed by atoms with Crippen LogP contribution in [0.15, 0.2) is 48.5 Å². The van der Waals surface area contributed by atoms with Crippen LogP contribution >= 0.6 is 12.4 Å². The molecule has 6 heteroatoms. The van der Waals surface area contributed by atoms with Gasteiger partial charge in [-0.05, 0) is 49.2 Å². The summed E-state index contributed by atoms with van der Waals surface area (Å²) in [6, 6.07) is 17.2. The minimum atomic E-state index is 0. The Kier molecular flexibility index (Phi) is 6.47. The van der Waals surface area contributed by atoms with Crippen LogP contribution in [0.3, 0.4) is 0 Å². The number of amides is 1. The molecule has 2 aromatic rings. The minimum absolute atomic E-state index is 0. The van der Waals surface area contributed by atoms with E-state index in [0.29, 0.717) is 0 Å². The lowest BCUT2D eigenvalue weighted by Gasteiger charge is -2.39. The molecule has 0 radical (unpaired) electrons. The van der Waals surface area contributed by atoms with Crippen molar-refractivity contribution in [3.63, 3.8) is 0 Å². The average Bonchev–Trinajstić information content (AvgIpc) is 2.69. The summed E-state index contributed by atoms with van der Waals surface area (Å²) in [5.41, 5.74) is 4.55. The van der Waals surface area contributed by atoms with Crippen molar-refractivity contribution in [1.82, 2.24) is 0 Å². The summed E-state index contributed by atoms with van der Waals surface area (Å²) in [4.78, 5) is 16.4. The van der Waals surface area contributed by atoms with E-state index in [1.165, 1.54) is 11.3 Å². The quantitative estimate of drug-likeness (QED) is 0.835. The highest BCUT2D eigenvalue weighted by Crippen LogP contribution is 2.39. The molecule has 1 amide bonds. The van der Waals surface area contributed by atoms with Gasteiger partial charge in [0.1, 0.15) is 0 Å². The van der Waals surface area contributed by atoms with Gasteiger partial charge in [-0.3, -0.25) is 4.79 Å². The number of rotatable bonds is 3. The molecule has 2 aliphatic rings. The van der Waals surface area contributed by atoms with Crippen molar-refractivity contribution in [1.29, 1.82) is 0 Å². The van der Waals surface area contributed by atoms with E-state index in [2.05, 4.69) is 47.5 Å². The molecule has 0 spiro atoms. The third-order valence-electron chi connectivity index (χ3n) is 5.51. The fourth-order valence-electron chi connectivity index (χ4n) is 4.22. The Bertz CT molecular complexity index is 806. The molecule has 150 valence electrons. The zero-order chi connectivity index (χ0) is 18.8. The number of halogens is 1. The Morgan fingerprint density at radius 3 is 2.43 bits per heavy atom. The van der Waals surface area contributed by atoms with Crippen LogP contribution in [0, 0.1) is 0 Å². The van der Waals surface area contributed by atoms with Crippen molar-refractivity contribution in [3.05, 3.63) is 54.1 Å². The molecule has 28 heavy (non-hydrogen) atoms. The molecule has 1 saturated heterocycles. The third kappa shape index (κ3) is 4.10. The minimum Gasteiger partial charge on any atom is -0.378 e. The number of anilines is 3. The largest absolute Gasteiger partial charge is 0.378 e. The maximum atomic E-state index is 12.1. The number of nitrogens with zero attached hydrogens (tertiary/aromatic N) is 2. The highest BCUT2D eigenvalue weighted by molar-refractivity contribution is 5.93. The van der Waals surface area contributed by atoms with Crippen LogP contribution in [0.4, 0.5) is 17.1 Å². The topological polar surface area (TPSA) is 44.8 Å². The number of hydrogen-bond donors (Lipinski definition) is 1. The van der Waals surface area contributed by atoms with Gasteiger partial charge in [-0.15, -0.1) is 12.4 Å². The van der Waals surface area contributed by atoms with Gasteiger partial charge < -0.3 is 19.9 Å². The fourth-order valence-corrected chi connectivity index (χ4v) is 4.22. The van der Waals surface area contributed by atoms with Gasteiger partial charge in [-0.2, -0.15) is 0 Å². The van der Waals surface area contributed by atoms with E-state index in [-0.39, 0.29) is 30.4 Å². The molecule has 2 heterocycles. The van der Waals surface area contributed by atoms with Crippen molar-refractivity contribution in [3.8, 4) is 0 Å². The van der Waals surface area contributed by atoms with Gasteiger partial charge in [0.15, 0.2) is 0 Å². The molecule has 0 aliphatic carbocycles.